The van der Waals surface area contributed by atoms with E-state index in [4.69, 9.17) is 0 Å². The van der Waals surface area contributed by atoms with Gasteiger partial charge in [-0.3, -0.25) is 4.99 Å². The number of piperidine rings is 1. The third kappa shape index (κ3) is 5.42. The van der Waals surface area contributed by atoms with Crippen LogP contribution >= 0.6 is 24.0 Å². The van der Waals surface area contributed by atoms with Crippen LogP contribution in [0.1, 0.15) is 32.2 Å². The van der Waals surface area contributed by atoms with Crippen LogP contribution in [0.2, 0.25) is 0 Å². The van der Waals surface area contributed by atoms with Crippen LogP contribution in [-0.4, -0.2) is 61.9 Å². The number of halogens is 1. The van der Waals surface area contributed by atoms with Gasteiger partial charge in [0.1, 0.15) is 12.7 Å². The largest absolute Gasteiger partial charge is 0.356 e. The average Bonchev–Trinajstić information content (AvgIpc) is 3.32. The predicted octanol–water partition coefficient (Wildman–Crippen LogP) is 2.03. The summed E-state index contributed by atoms with van der Waals surface area (Å²) in [5.41, 5.74) is 0. The Bertz CT molecular complexity index is 640. The number of aromatic nitrogens is 5. The van der Waals surface area contributed by atoms with E-state index in [9.17, 15) is 0 Å². The molecule has 2 unspecified atom stereocenters. The number of guanidine groups is 1. The lowest BCUT2D eigenvalue weighted by molar-refractivity contribution is 0.189. The number of hydrogen-bond acceptors (Lipinski definition) is 4. The van der Waals surface area contributed by atoms with Crippen LogP contribution in [0, 0.1) is 5.92 Å². The molecule has 144 valence electrons. The lowest BCUT2D eigenvalue weighted by Crippen LogP contribution is -2.49. The lowest BCUT2D eigenvalue weighted by Gasteiger charge is -2.39. The Labute approximate surface area is 172 Å². The van der Waals surface area contributed by atoms with Crippen LogP contribution in [0.3, 0.4) is 0 Å². The first kappa shape index (κ1) is 20.7. The molecule has 3 rings (SSSR count). The number of hydrogen-bond donors (Lipinski definition) is 1. The monoisotopic (exact) mass is 472 g/mol. The van der Waals surface area contributed by atoms with Crippen molar-refractivity contribution in [3.63, 3.8) is 0 Å². The summed E-state index contributed by atoms with van der Waals surface area (Å²) in [7, 11) is 1.86. The molecule has 1 fully saturated rings. The smallest absolute Gasteiger partial charge is 0.193 e. The zero-order valence-corrected chi connectivity index (χ0v) is 17.9. The first-order valence-corrected chi connectivity index (χ1v) is 9.03. The molecule has 8 nitrogen and oxygen atoms in total. The van der Waals surface area contributed by atoms with Crippen LogP contribution < -0.4 is 5.32 Å². The van der Waals surface area contributed by atoms with Crippen LogP contribution in [0.25, 0.3) is 0 Å². The number of aliphatic imine (C=N–C) groups is 1. The normalized spacial score (nSPS) is 20.7. The Balaban J connectivity index is 0.00000243. The van der Waals surface area contributed by atoms with Crippen molar-refractivity contribution >= 4 is 29.9 Å². The molecule has 1 aliphatic rings. The molecule has 1 aliphatic heterocycles. The van der Waals surface area contributed by atoms with E-state index in [1.807, 2.05) is 24.1 Å². The number of rotatable bonds is 6. The van der Waals surface area contributed by atoms with E-state index in [-0.39, 0.29) is 24.0 Å². The molecule has 26 heavy (non-hydrogen) atoms. The fourth-order valence-electron chi connectivity index (χ4n) is 3.38. The molecular formula is C17H29IN8. The van der Waals surface area contributed by atoms with Crippen molar-refractivity contribution in [1.29, 1.82) is 0 Å². The highest BCUT2D eigenvalue weighted by Gasteiger charge is 2.28. The van der Waals surface area contributed by atoms with Crippen LogP contribution in [0.5, 0.6) is 0 Å². The standard InChI is InChI=1S/C17H28N8.HI/c1-15-5-9-24(11-16(15)25-10-7-19-12-25)17(18-2)20-6-3-4-8-23-13-21-22-14-23;/h7,10,12-16H,3-6,8-9,11H2,1-2H3,(H,18,20);1H. The molecule has 0 aliphatic carbocycles. The van der Waals surface area contributed by atoms with Crippen LogP contribution in [0.15, 0.2) is 36.4 Å². The van der Waals surface area contributed by atoms with Gasteiger partial charge < -0.3 is 19.4 Å². The van der Waals surface area contributed by atoms with E-state index in [2.05, 4.69) is 48.1 Å². The van der Waals surface area contributed by atoms with Gasteiger partial charge in [-0.05, 0) is 25.2 Å². The molecule has 9 heteroatoms. The number of aryl methyl sites for hydroxylation is 1. The van der Waals surface area contributed by atoms with E-state index >= 15 is 0 Å². The lowest BCUT2D eigenvalue weighted by atomic mass is 9.93. The summed E-state index contributed by atoms with van der Waals surface area (Å²) in [6, 6.07) is 0.448. The number of unbranched alkanes of at least 4 members (excludes halogenated alkanes) is 1. The van der Waals surface area contributed by atoms with Crippen molar-refractivity contribution in [1.82, 2.24) is 34.5 Å². The minimum atomic E-state index is 0. The minimum Gasteiger partial charge on any atom is -0.356 e. The highest BCUT2D eigenvalue weighted by molar-refractivity contribution is 14.0. The van der Waals surface area contributed by atoms with Crippen molar-refractivity contribution in [2.24, 2.45) is 10.9 Å². The maximum Gasteiger partial charge on any atom is 0.193 e. The van der Waals surface area contributed by atoms with Crippen LogP contribution in [0.4, 0.5) is 0 Å². The van der Waals surface area contributed by atoms with E-state index in [0.717, 1.165) is 51.4 Å². The van der Waals surface area contributed by atoms with E-state index in [0.29, 0.717) is 12.0 Å². The first-order valence-electron chi connectivity index (χ1n) is 9.03. The topological polar surface area (TPSA) is 76.2 Å². The Hall–Kier alpha value is -1.65. The van der Waals surface area contributed by atoms with Gasteiger partial charge in [-0.2, -0.15) is 0 Å². The average molecular weight is 472 g/mol. The third-order valence-corrected chi connectivity index (χ3v) is 4.93. The Morgan fingerprint density at radius 1 is 1.23 bits per heavy atom. The fraction of sp³-hybridized carbons (Fsp3) is 0.647. The zero-order valence-electron chi connectivity index (χ0n) is 15.5. The quantitative estimate of drug-likeness (QED) is 0.302. The first-order chi connectivity index (χ1) is 12.3. The summed E-state index contributed by atoms with van der Waals surface area (Å²) in [4.78, 5) is 11.0. The van der Waals surface area contributed by atoms with Gasteiger partial charge in [0.15, 0.2) is 5.96 Å². The van der Waals surface area contributed by atoms with Gasteiger partial charge in [-0.1, -0.05) is 6.92 Å². The molecule has 0 spiro atoms. The fourth-order valence-corrected chi connectivity index (χ4v) is 3.38. The number of imidazole rings is 1. The second-order valence-corrected chi connectivity index (χ2v) is 6.67. The molecule has 3 heterocycles. The Morgan fingerprint density at radius 2 is 2.04 bits per heavy atom. The molecule has 0 radical (unpaired) electrons. The molecule has 1 saturated heterocycles. The highest BCUT2D eigenvalue weighted by Crippen LogP contribution is 2.27. The summed E-state index contributed by atoms with van der Waals surface area (Å²) in [6.45, 7) is 6.22. The van der Waals surface area contributed by atoms with Crippen LogP contribution in [-0.2, 0) is 6.54 Å². The van der Waals surface area contributed by atoms with Gasteiger partial charge in [-0.15, -0.1) is 34.2 Å². The van der Waals surface area contributed by atoms with Crippen molar-refractivity contribution in [2.75, 3.05) is 26.7 Å². The van der Waals surface area contributed by atoms with Gasteiger partial charge in [-0.25, -0.2) is 4.98 Å². The number of likely N-dealkylation sites (tertiary alicyclic amines) is 1. The van der Waals surface area contributed by atoms with E-state index < -0.39 is 0 Å². The van der Waals surface area contributed by atoms with Gasteiger partial charge in [0.2, 0.25) is 0 Å². The van der Waals surface area contributed by atoms with Gasteiger partial charge in [0.25, 0.3) is 0 Å². The van der Waals surface area contributed by atoms with Gasteiger partial charge in [0, 0.05) is 45.6 Å². The van der Waals surface area contributed by atoms with Crippen molar-refractivity contribution < 1.29 is 0 Å². The summed E-state index contributed by atoms with van der Waals surface area (Å²) < 4.78 is 4.24. The second kappa shape index (κ2) is 10.5. The Kier molecular flexibility index (Phi) is 8.33. The van der Waals surface area contributed by atoms with Crippen molar-refractivity contribution in [3.05, 3.63) is 31.4 Å². The van der Waals surface area contributed by atoms with E-state index in [1.165, 1.54) is 0 Å². The molecule has 0 amide bonds. The molecular weight excluding hydrogens is 443 g/mol. The SMILES string of the molecule is CN=C(NCCCCn1cnnc1)N1CCC(C)C(n2ccnc2)C1.I. The molecule has 0 bridgehead atoms. The molecule has 2 aromatic rings. The molecule has 0 saturated carbocycles. The maximum atomic E-state index is 4.48. The molecule has 0 aromatic carbocycles. The number of nitrogens with one attached hydrogen (secondary N) is 1. The maximum absolute atomic E-state index is 4.48. The van der Waals surface area contributed by atoms with Gasteiger partial charge >= 0.3 is 0 Å². The summed E-state index contributed by atoms with van der Waals surface area (Å²) in [5.74, 6) is 1.65. The highest BCUT2D eigenvalue weighted by atomic mass is 127. The summed E-state index contributed by atoms with van der Waals surface area (Å²) >= 11 is 0. The molecule has 2 aromatic heterocycles. The predicted molar refractivity (Wildman–Crippen MR) is 113 cm³/mol. The third-order valence-electron chi connectivity index (χ3n) is 4.93. The Morgan fingerprint density at radius 3 is 2.73 bits per heavy atom. The molecule has 2 atom stereocenters. The number of nitrogens with zero attached hydrogens (tertiary/aromatic N) is 7. The zero-order chi connectivity index (χ0) is 17.5. The van der Waals surface area contributed by atoms with E-state index in [1.54, 1.807) is 12.7 Å². The van der Waals surface area contributed by atoms with Crippen molar-refractivity contribution in [2.45, 2.75) is 38.8 Å². The van der Waals surface area contributed by atoms with Gasteiger partial charge in [0.05, 0.1) is 12.4 Å². The molecule has 1 N–H and O–H groups in total. The summed E-state index contributed by atoms with van der Waals surface area (Å²) in [6.07, 6.45) is 12.7. The second-order valence-electron chi connectivity index (χ2n) is 6.67. The summed E-state index contributed by atoms with van der Waals surface area (Å²) in [5, 5.41) is 11.2. The minimum absolute atomic E-state index is 0. The van der Waals surface area contributed by atoms with Crippen molar-refractivity contribution in [3.8, 4) is 0 Å².